The number of hydrogen-bond acceptors (Lipinski definition) is 3. The van der Waals surface area contributed by atoms with Crippen molar-refractivity contribution in [2.75, 3.05) is 0 Å². The highest BCUT2D eigenvalue weighted by atomic mass is 79.9. The molecular weight excluding hydrogens is 306 g/mol. The molecule has 0 aliphatic heterocycles. The van der Waals surface area contributed by atoms with E-state index in [1.165, 1.54) is 0 Å². The van der Waals surface area contributed by atoms with Gasteiger partial charge in [0.1, 0.15) is 12.4 Å². The smallest absolute Gasteiger partial charge is 0.134 e. The molecule has 4 nitrogen and oxygen atoms in total. The highest BCUT2D eigenvalue weighted by molar-refractivity contribution is 9.10. The molecule has 2 N–H and O–H groups in total. The first kappa shape index (κ1) is 14.1. The Morgan fingerprint density at radius 3 is 2.74 bits per heavy atom. The van der Waals surface area contributed by atoms with Crippen LogP contribution in [-0.4, -0.2) is 9.78 Å². The number of aromatic nitrogens is 2. The first-order chi connectivity index (χ1) is 9.10. The number of rotatable bonds is 5. The van der Waals surface area contributed by atoms with Gasteiger partial charge in [0.05, 0.1) is 10.2 Å². The molecule has 0 atom stereocenters. The standard InChI is InChI=1S/C14H18BrN3O/c1-10(2)18-6-5-12(17-18)9-19-14-4-3-11(8-16)7-13(14)15/h3-7,10H,8-9,16H2,1-2H3. The fourth-order valence-corrected chi connectivity index (χ4v) is 2.22. The van der Waals surface area contributed by atoms with E-state index in [2.05, 4.69) is 34.9 Å². The summed E-state index contributed by atoms with van der Waals surface area (Å²) in [5.74, 6) is 0.802. The Kier molecular flexibility index (Phi) is 4.61. The predicted molar refractivity (Wildman–Crippen MR) is 79.0 cm³/mol. The molecule has 5 heteroatoms. The molecule has 0 bridgehead atoms. The molecule has 0 fully saturated rings. The molecule has 0 amide bonds. The van der Waals surface area contributed by atoms with Crippen LogP contribution in [0, 0.1) is 0 Å². The van der Waals surface area contributed by atoms with Crippen LogP contribution in [-0.2, 0) is 13.2 Å². The van der Waals surface area contributed by atoms with Crippen molar-refractivity contribution in [2.45, 2.75) is 33.0 Å². The summed E-state index contributed by atoms with van der Waals surface area (Å²) in [7, 11) is 0. The largest absolute Gasteiger partial charge is 0.486 e. The SMILES string of the molecule is CC(C)n1ccc(COc2ccc(CN)cc2Br)n1. The van der Waals surface area contributed by atoms with Gasteiger partial charge < -0.3 is 10.5 Å². The molecule has 0 unspecified atom stereocenters. The molecule has 19 heavy (non-hydrogen) atoms. The van der Waals surface area contributed by atoms with Crippen LogP contribution in [0.3, 0.4) is 0 Å². The lowest BCUT2D eigenvalue weighted by Gasteiger charge is -2.08. The van der Waals surface area contributed by atoms with E-state index in [0.29, 0.717) is 19.2 Å². The summed E-state index contributed by atoms with van der Waals surface area (Å²) in [5, 5.41) is 4.44. The lowest BCUT2D eigenvalue weighted by Crippen LogP contribution is -2.03. The molecule has 1 heterocycles. The Morgan fingerprint density at radius 1 is 1.37 bits per heavy atom. The minimum absolute atomic E-state index is 0.365. The van der Waals surface area contributed by atoms with Gasteiger partial charge in [-0.2, -0.15) is 5.10 Å². The van der Waals surface area contributed by atoms with Crippen molar-refractivity contribution in [3.8, 4) is 5.75 Å². The monoisotopic (exact) mass is 323 g/mol. The maximum Gasteiger partial charge on any atom is 0.134 e. The number of halogens is 1. The van der Waals surface area contributed by atoms with E-state index in [4.69, 9.17) is 10.5 Å². The third-order valence-corrected chi connectivity index (χ3v) is 3.42. The van der Waals surface area contributed by atoms with Gasteiger partial charge >= 0.3 is 0 Å². The minimum Gasteiger partial charge on any atom is -0.486 e. The van der Waals surface area contributed by atoms with E-state index in [1.54, 1.807) is 0 Å². The molecule has 0 aliphatic carbocycles. The highest BCUT2D eigenvalue weighted by Crippen LogP contribution is 2.26. The Morgan fingerprint density at radius 2 is 2.16 bits per heavy atom. The van der Waals surface area contributed by atoms with Crippen molar-refractivity contribution in [1.29, 1.82) is 0 Å². The number of nitrogens with zero attached hydrogens (tertiary/aromatic N) is 2. The first-order valence-electron chi connectivity index (χ1n) is 6.25. The molecule has 0 radical (unpaired) electrons. The van der Waals surface area contributed by atoms with Crippen LogP contribution in [0.1, 0.15) is 31.1 Å². The fourth-order valence-electron chi connectivity index (χ4n) is 1.68. The zero-order valence-corrected chi connectivity index (χ0v) is 12.7. The maximum absolute atomic E-state index is 5.75. The van der Waals surface area contributed by atoms with Crippen LogP contribution in [0.2, 0.25) is 0 Å². The van der Waals surface area contributed by atoms with Gasteiger partial charge in [-0.15, -0.1) is 0 Å². The molecule has 1 aromatic heterocycles. The highest BCUT2D eigenvalue weighted by Gasteiger charge is 2.05. The summed E-state index contributed by atoms with van der Waals surface area (Å²) >= 11 is 3.48. The second kappa shape index (κ2) is 6.21. The summed E-state index contributed by atoms with van der Waals surface area (Å²) in [6.45, 7) is 5.18. The Hall–Kier alpha value is -1.33. The van der Waals surface area contributed by atoms with E-state index < -0.39 is 0 Å². The number of ether oxygens (including phenoxy) is 1. The number of hydrogen-bond donors (Lipinski definition) is 1. The van der Waals surface area contributed by atoms with Gasteiger partial charge in [-0.1, -0.05) is 6.07 Å². The zero-order valence-electron chi connectivity index (χ0n) is 11.1. The van der Waals surface area contributed by atoms with Crippen molar-refractivity contribution >= 4 is 15.9 Å². The van der Waals surface area contributed by atoms with Crippen molar-refractivity contribution in [1.82, 2.24) is 9.78 Å². The second-order valence-electron chi connectivity index (χ2n) is 4.64. The average Bonchev–Trinajstić information content (AvgIpc) is 2.86. The Labute approximate surface area is 121 Å². The van der Waals surface area contributed by atoms with Gasteiger partial charge in [0.25, 0.3) is 0 Å². The maximum atomic E-state index is 5.75. The number of benzene rings is 1. The van der Waals surface area contributed by atoms with Gasteiger partial charge in [0, 0.05) is 18.8 Å². The number of nitrogens with two attached hydrogens (primary N) is 1. The molecule has 2 rings (SSSR count). The fraction of sp³-hybridized carbons (Fsp3) is 0.357. The van der Waals surface area contributed by atoms with Crippen molar-refractivity contribution in [2.24, 2.45) is 5.73 Å². The molecular formula is C14H18BrN3O. The molecule has 0 saturated carbocycles. The first-order valence-corrected chi connectivity index (χ1v) is 7.04. The molecule has 102 valence electrons. The predicted octanol–water partition coefficient (Wildman–Crippen LogP) is 3.26. The van der Waals surface area contributed by atoms with Crippen LogP contribution in [0.4, 0.5) is 0 Å². The molecule has 0 aliphatic rings. The van der Waals surface area contributed by atoms with Gasteiger partial charge in [-0.05, 0) is 53.5 Å². The molecule has 0 spiro atoms. The van der Waals surface area contributed by atoms with Gasteiger partial charge in [0.15, 0.2) is 0 Å². The van der Waals surface area contributed by atoms with Crippen LogP contribution in [0.5, 0.6) is 5.75 Å². The van der Waals surface area contributed by atoms with Gasteiger partial charge in [-0.3, -0.25) is 4.68 Å². The van der Waals surface area contributed by atoms with E-state index in [9.17, 15) is 0 Å². The topological polar surface area (TPSA) is 53.1 Å². The van der Waals surface area contributed by atoms with Gasteiger partial charge in [0.2, 0.25) is 0 Å². The minimum atomic E-state index is 0.365. The average molecular weight is 324 g/mol. The third-order valence-electron chi connectivity index (χ3n) is 2.80. The second-order valence-corrected chi connectivity index (χ2v) is 5.49. The van der Waals surface area contributed by atoms with Crippen molar-refractivity contribution < 1.29 is 4.74 Å². The molecule has 1 aromatic carbocycles. The van der Waals surface area contributed by atoms with E-state index >= 15 is 0 Å². The van der Waals surface area contributed by atoms with Crippen LogP contribution < -0.4 is 10.5 Å². The normalized spacial score (nSPS) is 11.0. The Balaban J connectivity index is 2.01. The summed E-state index contributed by atoms with van der Waals surface area (Å²) in [6.07, 6.45) is 1.97. The third kappa shape index (κ3) is 3.58. The lowest BCUT2D eigenvalue weighted by atomic mass is 10.2. The summed E-state index contributed by atoms with van der Waals surface area (Å²) in [6, 6.07) is 8.20. The summed E-state index contributed by atoms with van der Waals surface area (Å²) in [4.78, 5) is 0. The quantitative estimate of drug-likeness (QED) is 0.918. The molecule has 0 saturated heterocycles. The Bertz CT molecular complexity index is 551. The van der Waals surface area contributed by atoms with E-state index in [1.807, 2.05) is 35.1 Å². The van der Waals surface area contributed by atoms with E-state index in [0.717, 1.165) is 21.5 Å². The van der Waals surface area contributed by atoms with Crippen LogP contribution in [0.25, 0.3) is 0 Å². The van der Waals surface area contributed by atoms with Crippen molar-refractivity contribution in [3.05, 3.63) is 46.2 Å². The summed E-state index contributed by atoms with van der Waals surface area (Å²) in [5.41, 5.74) is 7.58. The summed E-state index contributed by atoms with van der Waals surface area (Å²) < 4.78 is 8.59. The van der Waals surface area contributed by atoms with E-state index in [-0.39, 0.29) is 0 Å². The zero-order chi connectivity index (χ0) is 13.8. The van der Waals surface area contributed by atoms with Crippen LogP contribution >= 0.6 is 15.9 Å². The van der Waals surface area contributed by atoms with Crippen molar-refractivity contribution in [3.63, 3.8) is 0 Å². The molecule has 2 aromatic rings. The van der Waals surface area contributed by atoms with Crippen LogP contribution in [0.15, 0.2) is 34.9 Å². The van der Waals surface area contributed by atoms with Gasteiger partial charge in [-0.25, -0.2) is 0 Å². The lowest BCUT2D eigenvalue weighted by molar-refractivity contribution is 0.296.